The molecular formula is C17H15BrFNO2. The molecule has 22 heavy (non-hydrogen) atoms. The molecule has 0 heterocycles. The van der Waals surface area contributed by atoms with E-state index in [1.54, 1.807) is 36.4 Å². The molecule has 0 unspecified atom stereocenters. The average molecular weight is 364 g/mol. The van der Waals surface area contributed by atoms with Gasteiger partial charge in [0.05, 0.1) is 0 Å². The summed E-state index contributed by atoms with van der Waals surface area (Å²) < 4.78 is 13.7. The molecule has 0 aromatic heterocycles. The van der Waals surface area contributed by atoms with Gasteiger partial charge in [0, 0.05) is 29.4 Å². The van der Waals surface area contributed by atoms with Gasteiger partial charge in [-0.25, -0.2) is 4.39 Å². The van der Waals surface area contributed by atoms with Crippen LogP contribution in [0.25, 0.3) is 0 Å². The molecule has 2 rings (SSSR count). The fourth-order valence-corrected chi connectivity index (χ4v) is 2.16. The highest BCUT2D eigenvalue weighted by molar-refractivity contribution is 9.10. The van der Waals surface area contributed by atoms with Gasteiger partial charge in [0.1, 0.15) is 5.82 Å². The largest absolute Gasteiger partial charge is 0.352 e. The van der Waals surface area contributed by atoms with Crippen molar-refractivity contribution in [1.82, 2.24) is 5.32 Å². The number of ketones is 1. The van der Waals surface area contributed by atoms with Gasteiger partial charge < -0.3 is 5.32 Å². The van der Waals surface area contributed by atoms with Crippen LogP contribution < -0.4 is 5.32 Å². The molecule has 0 bridgehead atoms. The Morgan fingerprint density at radius 2 is 1.59 bits per heavy atom. The molecule has 0 spiro atoms. The summed E-state index contributed by atoms with van der Waals surface area (Å²) in [6.45, 7) is 0.325. The van der Waals surface area contributed by atoms with Crippen LogP contribution >= 0.6 is 15.9 Å². The molecule has 0 fully saturated rings. The standard InChI is InChI=1S/C17H15BrFNO2/c18-14-5-3-13(4-6-14)16(21)9-10-17(22)20-11-12-1-7-15(19)8-2-12/h1-8H,9-11H2,(H,20,22). The SMILES string of the molecule is O=C(CCC(=O)c1ccc(Br)cc1)NCc1ccc(F)cc1. The maximum absolute atomic E-state index is 12.8. The van der Waals surface area contributed by atoms with Crippen molar-refractivity contribution >= 4 is 27.6 Å². The number of hydrogen-bond donors (Lipinski definition) is 1. The second-order valence-corrected chi connectivity index (χ2v) is 5.75. The molecule has 0 atom stereocenters. The minimum atomic E-state index is -0.310. The van der Waals surface area contributed by atoms with Gasteiger partial charge in [0.15, 0.2) is 5.78 Å². The number of rotatable bonds is 6. The fourth-order valence-electron chi connectivity index (χ4n) is 1.90. The van der Waals surface area contributed by atoms with Gasteiger partial charge >= 0.3 is 0 Å². The van der Waals surface area contributed by atoms with Crippen molar-refractivity contribution in [2.24, 2.45) is 0 Å². The third-order valence-electron chi connectivity index (χ3n) is 3.15. The van der Waals surface area contributed by atoms with Crippen molar-refractivity contribution in [2.45, 2.75) is 19.4 Å². The molecule has 1 amide bonds. The molecule has 0 aliphatic rings. The van der Waals surface area contributed by atoms with E-state index in [0.29, 0.717) is 12.1 Å². The van der Waals surface area contributed by atoms with E-state index in [-0.39, 0.29) is 30.3 Å². The van der Waals surface area contributed by atoms with Crippen LogP contribution in [0.1, 0.15) is 28.8 Å². The van der Waals surface area contributed by atoms with Crippen molar-refractivity contribution in [3.63, 3.8) is 0 Å². The van der Waals surface area contributed by atoms with E-state index in [1.165, 1.54) is 12.1 Å². The van der Waals surface area contributed by atoms with E-state index < -0.39 is 0 Å². The Morgan fingerprint density at radius 1 is 0.955 bits per heavy atom. The Labute approximate surface area is 136 Å². The second-order valence-electron chi connectivity index (χ2n) is 4.83. The van der Waals surface area contributed by atoms with Gasteiger partial charge in [-0.1, -0.05) is 40.2 Å². The Kier molecular flexibility index (Phi) is 5.83. The highest BCUT2D eigenvalue weighted by Crippen LogP contribution is 2.12. The van der Waals surface area contributed by atoms with Gasteiger partial charge in [-0.05, 0) is 29.8 Å². The monoisotopic (exact) mass is 363 g/mol. The fraction of sp³-hybridized carbons (Fsp3) is 0.176. The molecule has 114 valence electrons. The third kappa shape index (κ3) is 5.07. The molecule has 3 nitrogen and oxygen atoms in total. The Hall–Kier alpha value is -2.01. The lowest BCUT2D eigenvalue weighted by Gasteiger charge is -2.05. The molecule has 2 aromatic carbocycles. The lowest BCUT2D eigenvalue weighted by molar-refractivity contribution is -0.121. The number of carbonyl (C=O) groups is 2. The van der Waals surface area contributed by atoms with Crippen molar-refractivity contribution in [1.29, 1.82) is 0 Å². The normalized spacial score (nSPS) is 10.3. The number of Topliss-reactive ketones (excluding diaryl/α,β-unsaturated/α-hetero) is 1. The first kappa shape index (κ1) is 16.4. The van der Waals surface area contributed by atoms with E-state index in [4.69, 9.17) is 0 Å². The summed E-state index contributed by atoms with van der Waals surface area (Å²) in [5.74, 6) is -0.575. The van der Waals surface area contributed by atoms with E-state index >= 15 is 0 Å². The third-order valence-corrected chi connectivity index (χ3v) is 3.68. The first-order valence-corrected chi connectivity index (χ1v) is 7.64. The molecule has 1 N–H and O–H groups in total. The molecule has 0 aliphatic carbocycles. The van der Waals surface area contributed by atoms with Gasteiger partial charge in [-0.3, -0.25) is 9.59 Å². The van der Waals surface area contributed by atoms with Gasteiger partial charge in [-0.15, -0.1) is 0 Å². The summed E-state index contributed by atoms with van der Waals surface area (Å²) in [5.41, 5.74) is 1.41. The van der Waals surface area contributed by atoms with Crippen LogP contribution in [0.15, 0.2) is 53.0 Å². The molecular weight excluding hydrogens is 349 g/mol. The smallest absolute Gasteiger partial charge is 0.220 e. The topological polar surface area (TPSA) is 46.2 Å². The summed E-state index contributed by atoms with van der Waals surface area (Å²) in [6, 6.07) is 13.0. The molecule has 2 aromatic rings. The van der Waals surface area contributed by atoms with Crippen LogP contribution in [0.2, 0.25) is 0 Å². The zero-order valence-corrected chi connectivity index (χ0v) is 13.4. The summed E-state index contributed by atoms with van der Waals surface area (Å²) in [7, 11) is 0. The van der Waals surface area contributed by atoms with Gasteiger partial charge in [0.25, 0.3) is 0 Å². The van der Waals surface area contributed by atoms with Crippen LogP contribution in [0.5, 0.6) is 0 Å². The average Bonchev–Trinajstić information content (AvgIpc) is 2.52. The first-order valence-electron chi connectivity index (χ1n) is 6.84. The maximum atomic E-state index is 12.8. The van der Waals surface area contributed by atoms with Gasteiger partial charge in [0.2, 0.25) is 5.91 Å². The summed E-state index contributed by atoms with van der Waals surface area (Å²) >= 11 is 3.31. The highest BCUT2D eigenvalue weighted by Gasteiger charge is 2.09. The van der Waals surface area contributed by atoms with Crippen LogP contribution in [-0.2, 0) is 11.3 Å². The van der Waals surface area contributed by atoms with Crippen LogP contribution in [0.4, 0.5) is 4.39 Å². The number of amides is 1. The maximum Gasteiger partial charge on any atom is 0.220 e. The number of carbonyl (C=O) groups excluding carboxylic acids is 2. The lowest BCUT2D eigenvalue weighted by atomic mass is 10.1. The van der Waals surface area contributed by atoms with E-state index in [2.05, 4.69) is 21.2 Å². The van der Waals surface area contributed by atoms with Crippen LogP contribution in [-0.4, -0.2) is 11.7 Å². The minimum absolute atomic E-state index is 0.0653. The quantitative estimate of drug-likeness (QED) is 0.791. The molecule has 5 heteroatoms. The number of benzene rings is 2. The zero-order chi connectivity index (χ0) is 15.9. The predicted molar refractivity (Wildman–Crippen MR) is 86.0 cm³/mol. The molecule has 0 aliphatic heterocycles. The number of hydrogen-bond acceptors (Lipinski definition) is 2. The van der Waals surface area contributed by atoms with Crippen molar-refractivity contribution in [3.8, 4) is 0 Å². The highest BCUT2D eigenvalue weighted by atomic mass is 79.9. The number of halogens is 2. The van der Waals surface area contributed by atoms with Crippen molar-refractivity contribution < 1.29 is 14.0 Å². The number of nitrogens with one attached hydrogen (secondary N) is 1. The predicted octanol–water partition coefficient (Wildman–Crippen LogP) is 3.87. The molecule has 0 radical (unpaired) electrons. The zero-order valence-electron chi connectivity index (χ0n) is 11.8. The van der Waals surface area contributed by atoms with Crippen LogP contribution in [0, 0.1) is 5.82 Å². The Morgan fingerprint density at radius 3 is 2.23 bits per heavy atom. The van der Waals surface area contributed by atoms with E-state index in [9.17, 15) is 14.0 Å². The van der Waals surface area contributed by atoms with Gasteiger partial charge in [-0.2, -0.15) is 0 Å². The summed E-state index contributed by atoms with van der Waals surface area (Å²) in [6.07, 6.45) is 0.299. The van der Waals surface area contributed by atoms with E-state index in [0.717, 1.165) is 10.0 Å². The van der Waals surface area contributed by atoms with Crippen LogP contribution in [0.3, 0.4) is 0 Å². The lowest BCUT2D eigenvalue weighted by Crippen LogP contribution is -2.23. The minimum Gasteiger partial charge on any atom is -0.352 e. The van der Waals surface area contributed by atoms with E-state index in [1.807, 2.05) is 0 Å². The van der Waals surface area contributed by atoms with Crippen molar-refractivity contribution in [3.05, 3.63) is 69.9 Å². The van der Waals surface area contributed by atoms with Crippen molar-refractivity contribution in [2.75, 3.05) is 0 Å². The molecule has 0 saturated carbocycles. The second kappa shape index (κ2) is 7.84. The summed E-state index contributed by atoms with van der Waals surface area (Å²) in [5, 5.41) is 2.71. The Balaban J connectivity index is 1.76. The first-order chi connectivity index (χ1) is 10.5. The molecule has 0 saturated heterocycles. The summed E-state index contributed by atoms with van der Waals surface area (Å²) in [4.78, 5) is 23.7. The Bertz CT molecular complexity index is 653.